The molecule has 0 spiro atoms. The van der Waals surface area contributed by atoms with E-state index in [1.54, 1.807) is 6.92 Å². The summed E-state index contributed by atoms with van der Waals surface area (Å²) < 4.78 is 24.2. The van der Waals surface area contributed by atoms with Gasteiger partial charge in [0.25, 0.3) is 10.0 Å². The minimum atomic E-state index is -3.69. The first-order valence-electron chi connectivity index (χ1n) is 6.27. The highest BCUT2D eigenvalue weighted by molar-refractivity contribution is 7.89. The highest BCUT2D eigenvalue weighted by Crippen LogP contribution is 2.14. The lowest BCUT2D eigenvalue weighted by Crippen LogP contribution is -2.19. The van der Waals surface area contributed by atoms with Gasteiger partial charge in [0.2, 0.25) is 0 Å². The van der Waals surface area contributed by atoms with E-state index >= 15 is 0 Å². The Morgan fingerprint density at radius 1 is 1.14 bits per heavy atom. The summed E-state index contributed by atoms with van der Waals surface area (Å²) in [7, 11) is -3.69. The molecule has 1 N–H and O–H groups in total. The minimum absolute atomic E-state index is 0.118. The van der Waals surface area contributed by atoms with Crippen LogP contribution in [0.3, 0.4) is 0 Å². The fraction of sp³-hybridized carbons (Fsp3) is 0.133. The van der Waals surface area contributed by atoms with E-state index in [-0.39, 0.29) is 4.90 Å². The van der Waals surface area contributed by atoms with Gasteiger partial charge in [-0.1, -0.05) is 41.4 Å². The third kappa shape index (κ3) is 4.06. The van der Waals surface area contributed by atoms with Gasteiger partial charge in [0.05, 0.1) is 10.6 Å². The van der Waals surface area contributed by atoms with Crippen molar-refractivity contribution in [2.75, 3.05) is 0 Å². The standard InChI is InChI=1S/C15H15ClN2O2S/c1-11-4-3-5-13(10-11)12(2)17-18-21(19,20)15-8-6-14(16)7-9-15/h3-10,18H,1-2H3. The molecule has 0 heterocycles. The van der Waals surface area contributed by atoms with E-state index < -0.39 is 10.0 Å². The molecule has 0 bridgehead atoms. The van der Waals surface area contributed by atoms with Crippen molar-refractivity contribution in [3.63, 3.8) is 0 Å². The molecule has 21 heavy (non-hydrogen) atoms. The molecule has 0 aliphatic rings. The molecule has 0 aliphatic carbocycles. The number of aryl methyl sites for hydroxylation is 1. The summed E-state index contributed by atoms with van der Waals surface area (Å²) in [6, 6.07) is 13.6. The Morgan fingerprint density at radius 2 is 1.81 bits per heavy atom. The van der Waals surface area contributed by atoms with Crippen LogP contribution < -0.4 is 4.83 Å². The molecule has 6 heteroatoms. The zero-order valence-electron chi connectivity index (χ0n) is 11.7. The number of hydrogen-bond donors (Lipinski definition) is 1. The van der Waals surface area contributed by atoms with Crippen LogP contribution in [-0.2, 0) is 10.0 Å². The smallest absolute Gasteiger partial charge is 0.200 e. The Morgan fingerprint density at radius 3 is 2.43 bits per heavy atom. The predicted octanol–water partition coefficient (Wildman–Crippen LogP) is 3.35. The number of nitrogens with one attached hydrogen (secondary N) is 1. The summed E-state index contributed by atoms with van der Waals surface area (Å²) in [4.78, 5) is 2.35. The van der Waals surface area contributed by atoms with Crippen LogP contribution in [0.15, 0.2) is 58.5 Å². The average Bonchev–Trinajstić information content (AvgIpc) is 2.45. The number of hydrogen-bond acceptors (Lipinski definition) is 3. The quantitative estimate of drug-likeness (QED) is 0.693. The Bertz CT molecular complexity index is 769. The van der Waals surface area contributed by atoms with Gasteiger partial charge in [0.1, 0.15) is 0 Å². The molecule has 0 saturated carbocycles. The molecular weight excluding hydrogens is 308 g/mol. The third-order valence-corrected chi connectivity index (χ3v) is 4.37. The van der Waals surface area contributed by atoms with Gasteiger partial charge in [-0.25, -0.2) is 0 Å². The van der Waals surface area contributed by atoms with Gasteiger partial charge in [0.15, 0.2) is 0 Å². The van der Waals surface area contributed by atoms with Crippen LogP contribution in [0.1, 0.15) is 18.1 Å². The van der Waals surface area contributed by atoms with Crippen molar-refractivity contribution in [3.05, 3.63) is 64.7 Å². The van der Waals surface area contributed by atoms with Gasteiger partial charge in [-0.05, 0) is 43.7 Å². The van der Waals surface area contributed by atoms with E-state index in [0.29, 0.717) is 10.7 Å². The van der Waals surface area contributed by atoms with E-state index in [9.17, 15) is 8.42 Å². The highest BCUT2D eigenvalue weighted by Gasteiger charge is 2.12. The molecule has 0 aliphatic heterocycles. The van der Waals surface area contributed by atoms with Crippen LogP contribution in [0.4, 0.5) is 0 Å². The minimum Gasteiger partial charge on any atom is -0.200 e. The summed E-state index contributed by atoms with van der Waals surface area (Å²) in [5.74, 6) is 0. The summed E-state index contributed by atoms with van der Waals surface area (Å²) in [6.45, 7) is 3.72. The van der Waals surface area contributed by atoms with E-state index in [4.69, 9.17) is 11.6 Å². The van der Waals surface area contributed by atoms with Crippen LogP contribution >= 0.6 is 11.6 Å². The van der Waals surface area contributed by atoms with Gasteiger partial charge >= 0.3 is 0 Å². The second-order valence-corrected chi connectivity index (χ2v) is 6.71. The van der Waals surface area contributed by atoms with E-state index in [0.717, 1.165) is 11.1 Å². The van der Waals surface area contributed by atoms with Crippen molar-refractivity contribution in [2.45, 2.75) is 18.7 Å². The second-order valence-electron chi connectivity index (χ2n) is 4.62. The summed E-state index contributed by atoms with van der Waals surface area (Å²) >= 11 is 5.74. The molecule has 0 aromatic heterocycles. The fourth-order valence-corrected chi connectivity index (χ4v) is 2.71. The first-order valence-corrected chi connectivity index (χ1v) is 8.13. The molecular formula is C15H15ClN2O2S. The number of sulfonamides is 1. The summed E-state index contributed by atoms with van der Waals surface area (Å²) in [6.07, 6.45) is 0. The largest absolute Gasteiger partial charge is 0.276 e. The third-order valence-electron chi connectivity index (χ3n) is 2.89. The molecule has 0 saturated heterocycles. The van der Waals surface area contributed by atoms with E-state index in [1.165, 1.54) is 24.3 Å². The molecule has 0 atom stereocenters. The molecule has 0 fully saturated rings. The lowest BCUT2D eigenvalue weighted by Gasteiger charge is -2.06. The van der Waals surface area contributed by atoms with Crippen molar-refractivity contribution >= 4 is 27.3 Å². The molecule has 2 aromatic carbocycles. The van der Waals surface area contributed by atoms with Crippen LogP contribution in [-0.4, -0.2) is 14.1 Å². The number of nitrogens with zero attached hydrogens (tertiary/aromatic N) is 1. The van der Waals surface area contributed by atoms with Gasteiger partial charge in [-0.15, -0.1) is 0 Å². The van der Waals surface area contributed by atoms with Crippen molar-refractivity contribution in [2.24, 2.45) is 5.10 Å². The summed E-state index contributed by atoms with van der Waals surface area (Å²) in [5.41, 5.74) is 2.55. The van der Waals surface area contributed by atoms with Crippen LogP contribution in [0.5, 0.6) is 0 Å². The molecule has 0 radical (unpaired) electrons. The van der Waals surface area contributed by atoms with Crippen molar-refractivity contribution in [1.82, 2.24) is 4.83 Å². The number of benzene rings is 2. The SMILES string of the molecule is CC(=NNS(=O)(=O)c1ccc(Cl)cc1)c1cccc(C)c1. The van der Waals surface area contributed by atoms with E-state index in [2.05, 4.69) is 9.93 Å². The van der Waals surface area contributed by atoms with Gasteiger partial charge in [0, 0.05) is 5.02 Å². The van der Waals surface area contributed by atoms with Crippen LogP contribution in [0, 0.1) is 6.92 Å². The maximum absolute atomic E-state index is 12.1. The van der Waals surface area contributed by atoms with Crippen LogP contribution in [0.25, 0.3) is 0 Å². The van der Waals surface area contributed by atoms with Crippen molar-refractivity contribution in [3.8, 4) is 0 Å². The lowest BCUT2D eigenvalue weighted by atomic mass is 10.1. The molecule has 110 valence electrons. The molecule has 2 rings (SSSR count). The zero-order chi connectivity index (χ0) is 15.5. The fourth-order valence-electron chi connectivity index (χ4n) is 1.73. The number of rotatable bonds is 4. The predicted molar refractivity (Wildman–Crippen MR) is 85.2 cm³/mol. The molecule has 0 amide bonds. The highest BCUT2D eigenvalue weighted by atomic mass is 35.5. The van der Waals surface area contributed by atoms with Gasteiger partial charge in [-0.2, -0.15) is 18.4 Å². The normalized spacial score (nSPS) is 12.2. The Kier molecular flexibility index (Phi) is 4.65. The number of halogens is 1. The van der Waals surface area contributed by atoms with Gasteiger partial charge in [-0.3, -0.25) is 0 Å². The van der Waals surface area contributed by atoms with Crippen molar-refractivity contribution < 1.29 is 8.42 Å². The first-order chi connectivity index (χ1) is 9.88. The topological polar surface area (TPSA) is 58.5 Å². The molecule has 4 nitrogen and oxygen atoms in total. The maximum Gasteiger partial charge on any atom is 0.276 e. The monoisotopic (exact) mass is 322 g/mol. The lowest BCUT2D eigenvalue weighted by molar-refractivity contribution is 0.584. The number of hydrazone groups is 1. The Hall–Kier alpha value is -1.85. The maximum atomic E-state index is 12.1. The molecule has 2 aromatic rings. The Balaban J connectivity index is 2.21. The first kappa shape index (κ1) is 15.5. The van der Waals surface area contributed by atoms with Crippen LogP contribution in [0.2, 0.25) is 5.02 Å². The summed E-state index contributed by atoms with van der Waals surface area (Å²) in [5, 5.41) is 4.43. The zero-order valence-corrected chi connectivity index (χ0v) is 13.2. The van der Waals surface area contributed by atoms with E-state index in [1.807, 2.05) is 31.2 Å². The average molecular weight is 323 g/mol. The van der Waals surface area contributed by atoms with Gasteiger partial charge < -0.3 is 0 Å². The molecule has 0 unspecified atom stereocenters. The second kappa shape index (κ2) is 6.28. The van der Waals surface area contributed by atoms with Crippen molar-refractivity contribution in [1.29, 1.82) is 0 Å². The Labute approximate surface area is 129 Å².